The van der Waals surface area contributed by atoms with Crippen molar-refractivity contribution in [2.24, 2.45) is 0 Å². The second-order valence-electron chi connectivity index (χ2n) is 7.81. The van der Waals surface area contributed by atoms with E-state index in [1.165, 1.54) is 44.4 Å². The van der Waals surface area contributed by atoms with Crippen LogP contribution in [0, 0.1) is 6.92 Å². The molecule has 0 aromatic heterocycles. The maximum Gasteiger partial charge on any atom is 0.244 e. The van der Waals surface area contributed by atoms with Crippen molar-refractivity contribution < 1.29 is 26.4 Å². The number of carbonyl (C=O) groups is 1. The van der Waals surface area contributed by atoms with Crippen LogP contribution in [-0.2, 0) is 24.8 Å². The Morgan fingerprint density at radius 1 is 1.09 bits per heavy atom. The van der Waals surface area contributed by atoms with Crippen molar-refractivity contribution in [2.45, 2.75) is 31.2 Å². The van der Waals surface area contributed by atoms with Gasteiger partial charge in [0.25, 0.3) is 0 Å². The number of carbonyl (C=O) groups excluding carboxylic acids is 1. The van der Waals surface area contributed by atoms with Crippen LogP contribution in [0.4, 0.5) is 5.69 Å². The van der Waals surface area contributed by atoms with E-state index < -0.39 is 32.0 Å². The lowest BCUT2D eigenvalue weighted by Crippen LogP contribution is -2.50. The molecule has 1 atom stereocenters. The van der Waals surface area contributed by atoms with Crippen LogP contribution < -0.4 is 14.4 Å². The Kier molecular flexibility index (Phi) is 9.35. The molecule has 2 aromatic rings. The van der Waals surface area contributed by atoms with E-state index in [4.69, 9.17) is 16.3 Å². The highest BCUT2D eigenvalue weighted by Crippen LogP contribution is 2.29. The molecule has 0 aliphatic carbocycles. The lowest BCUT2D eigenvalue weighted by atomic mass is 10.1. The summed E-state index contributed by atoms with van der Waals surface area (Å²) in [4.78, 5) is 13.0. The van der Waals surface area contributed by atoms with Crippen molar-refractivity contribution in [3.63, 3.8) is 0 Å². The van der Waals surface area contributed by atoms with E-state index in [0.717, 1.165) is 14.9 Å². The molecule has 0 aliphatic rings. The summed E-state index contributed by atoms with van der Waals surface area (Å²) in [6.45, 7) is 3.70. The normalized spacial score (nSPS) is 12.9. The number of aryl methyl sites for hydroxylation is 1. The fourth-order valence-electron chi connectivity index (χ4n) is 3.23. The summed E-state index contributed by atoms with van der Waals surface area (Å²) >= 11 is 6.07. The first-order valence-corrected chi connectivity index (χ1v) is 14.1. The molecule has 0 radical (unpaired) electrons. The van der Waals surface area contributed by atoms with Crippen LogP contribution in [0.1, 0.15) is 18.9 Å². The first kappa shape index (κ1) is 27.9. The number of benzene rings is 2. The topological polar surface area (TPSA) is 113 Å². The van der Waals surface area contributed by atoms with Crippen molar-refractivity contribution in [1.29, 1.82) is 0 Å². The fraction of sp³-hybridized carbons (Fsp3) is 0.409. The quantitative estimate of drug-likeness (QED) is 0.446. The van der Waals surface area contributed by atoms with Crippen LogP contribution in [0.15, 0.2) is 47.4 Å². The van der Waals surface area contributed by atoms with Crippen molar-refractivity contribution in [3.8, 4) is 5.75 Å². The number of nitrogens with one attached hydrogen (secondary N) is 1. The van der Waals surface area contributed by atoms with Crippen LogP contribution in [0.25, 0.3) is 0 Å². The maximum absolute atomic E-state index is 12.9. The zero-order valence-corrected chi connectivity index (χ0v) is 22.2. The first-order chi connectivity index (χ1) is 15.8. The van der Waals surface area contributed by atoms with Crippen molar-refractivity contribution in [1.82, 2.24) is 9.62 Å². The van der Waals surface area contributed by atoms with Crippen molar-refractivity contribution in [2.75, 3.05) is 37.8 Å². The number of ether oxygens (including phenoxy) is 1. The molecule has 1 amide bonds. The van der Waals surface area contributed by atoms with E-state index in [-0.39, 0.29) is 24.5 Å². The fourth-order valence-corrected chi connectivity index (χ4v) is 5.56. The van der Waals surface area contributed by atoms with E-state index in [1.807, 2.05) is 0 Å². The van der Waals surface area contributed by atoms with E-state index >= 15 is 0 Å². The van der Waals surface area contributed by atoms with Gasteiger partial charge in [-0.05, 0) is 55.3 Å². The van der Waals surface area contributed by atoms with Gasteiger partial charge in [0.2, 0.25) is 26.0 Å². The second-order valence-corrected chi connectivity index (χ2v) is 12.3. The summed E-state index contributed by atoms with van der Waals surface area (Å²) in [7, 11) is -4.41. The van der Waals surface area contributed by atoms with Crippen LogP contribution >= 0.6 is 11.6 Å². The largest absolute Gasteiger partial charge is 0.492 e. The molecule has 188 valence electrons. The van der Waals surface area contributed by atoms with Gasteiger partial charge in [-0.25, -0.2) is 21.1 Å². The van der Waals surface area contributed by atoms with Crippen molar-refractivity contribution in [3.05, 3.63) is 53.1 Å². The van der Waals surface area contributed by atoms with E-state index in [0.29, 0.717) is 22.0 Å². The zero-order valence-electron chi connectivity index (χ0n) is 19.8. The summed E-state index contributed by atoms with van der Waals surface area (Å²) in [6, 6.07) is 9.84. The van der Waals surface area contributed by atoms with Gasteiger partial charge in [0.1, 0.15) is 18.4 Å². The first-order valence-electron chi connectivity index (χ1n) is 10.5. The third kappa shape index (κ3) is 6.84. The summed E-state index contributed by atoms with van der Waals surface area (Å²) in [5.74, 6) is -0.0327. The van der Waals surface area contributed by atoms with Gasteiger partial charge in [0.05, 0.1) is 23.4 Å². The van der Waals surface area contributed by atoms with Gasteiger partial charge in [-0.15, -0.1) is 0 Å². The van der Waals surface area contributed by atoms with Gasteiger partial charge in [0.15, 0.2) is 0 Å². The Balaban J connectivity index is 2.05. The standard InChI is InChI=1S/C22H30ClN3O6S2/c1-6-20(26(33(5,28)29)21-15-17(23)8-7-16(21)2)22(27)24-13-14-32-18-9-11-19(12-10-18)34(30,31)25(3)4/h7-12,15,20H,6,13-14H2,1-5H3,(H,24,27)/t20-/m1/s1. The Morgan fingerprint density at radius 2 is 1.71 bits per heavy atom. The minimum Gasteiger partial charge on any atom is -0.492 e. The summed E-state index contributed by atoms with van der Waals surface area (Å²) in [5.41, 5.74) is 1.02. The molecule has 12 heteroatoms. The number of anilines is 1. The lowest BCUT2D eigenvalue weighted by Gasteiger charge is -2.31. The van der Waals surface area contributed by atoms with Gasteiger partial charge in [0, 0.05) is 19.1 Å². The number of nitrogens with zero attached hydrogens (tertiary/aromatic N) is 2. The number of hydrogen-bond acceptors (Lipinski definition) is 6. The van der Waals surface area contributed by atoms with E-state index in [1.54, 1.807) is 26.0 Å². The van der Waals surface area contributed by atoms with Gasteiger partial charge in [-0.1, -0.05) is 24.6 Å². The summed E-state index contributed by atoms with van der Waals surface area (Å²) < 4.78 is 57.2. The number of hydrogen-bond donors (Lipinski definition) is 1. The number of rotatable bonds is 11. The molecule has 0 unspecified atom stereocenters. The third-order valence-electron chi connectivity index (χ3n) is 5.01. The number of amides is 1. The monoisotopic (exact) mass is 531 g/mol. The average molecular weight is 532 g/mol. The molecule has 2 rings (SSSR count). The predicted octanol–water partition coefficient (Wildman–Crippen LogP) is 2.64. The van der Waals surface area contributed by atoms with Gasteiger partial charge in [-0.2, -0.15) is 0 Å². The molecule has 0 aliphatic heterocycles. The Labute approximate surface area is 206 Å². The number of sulfonamides is 2. The molecule has 0 saturated carbocycles. The van der Waals surface area contributed by atoms with Crippen LogP contribution in [0.3, 0.4) is 0 Å². The number of halogens is 1. The summed E-state index contributed by atoms with van der Waals surface area (Å²) in [5, 5.41) is 3.07. The molecule has 9 nitrogen and oxygen atoms in total. The second kappa shape index (κ2) is 11.4. The van der Waals surface area contributed by atoms with Crippen LogP contribution in [0.2, 0.25) is 5.02 Å². The zero-order chi connectivity index (χ0) is 25.7. The molecule has 0 saturated heterocycles. The molecular formula is C22H30ClN3O6S2. The predicted molar refractivity (Wildman–Crippen MR) is 133 cm³/mol. The molecule has 0 bridgehead atoms. The molecule has 34 heavy (non-hydrogen) atoms. The molecule has 1 N–H and O–H groups in total. The highest BCUT2D eigenvalue weighted by atomic mass is 35.5. The minimum atomic E-state index is -3.78. The van der Waals surface area contributed by atoms with Crippen molar-refractivity contribution >= 4 is 43.2 Å². The average Bonchev–Trinajstić information content (AvgIpc) is 2.76. The molecule has 0 heterocycles. The minimum absolute atomic E-state index is 0.108. The molecule has 2 aromatic carbocycles. The molecule has 0 fully saturated rings. The van der Waals surface area contributed by atoms with E-state index in [9.17, 15) is 21.6 Å². The van der Waals surface area contributed by atoms with Crippen LogP contribution in [0.5, 0.6) is 5.75 Å². The van der Waals surface area contributed by atoms with Gasteiger partial charge in [-0.3, -0.25) is 9.10 Å². The van der Waals surface area contributed by atoms with Crippen LogP contribution in [-0.4, -0.2) is 66.6 Å². The SMILES string of the molecule is CC[C@H](C(=O)NCCOc1ccc(S(=O)(=O)N(C)C)cc1)N(c1cc(Cl)ccc1C)S(C)(=O)=O. The Hall–Kier alpha value is -2.34. The lowest BCUT2D eigenvalue weighted by molar-refractivity contribution is -0.122. The molecular weight excluding hydrogens is 502 g/mol. The third-order valence-corrected chi connectivity index (χ3v) is 8.24. The highest BCUT2D eigenvalue weighted by molar-refractivity contribution is 7.92. The molecule has 0 spiro atoms. The smallest absolute Gasteiger partial charge is 0.244 e. The highest BCUT2D eigenvalue weighted by Gasteiger charge is 2.32. The Bertz CT molecular complexity index is 1220. The maximum atomic E-state index is 12.9. The van der Waals surface area contributed by atoms with Gasteiger partial charge < -0.3 is 10.1 Å². The van der Waals surface area contributed by atoms with Gasteiger partial charge >= 0.3 is 0 Å². The summed E-state index contributed by atoms with van der Waals surface area (Å²) in [6.07, 6.45) is 1.29. The Morgan fingerprint density at radius 3 is 2.24 bits per heavy atom. The van der Waals surface area contributed by atoms with E-state index in [2.05, 4.69) is 5.32 Å².